The van der Waals surface area contributed by atoms with Crippen LogP contribution in [-0.2, 0) is 4.74 Å². The highest BCUT2D eigenvalue weighted by Crippen LogP contribution is 2.34. The molecule has 1 fully saturated rings. The Labute approximate surface area is 141 Å². The zero-order valence-corrected chi connectivity index (χ0v) is 14.3. The fourth-order valence-corrected chi connectivity index (χ4v) is 2.92. The number of benzene rings is 1. The number of rotatable bonds is 3. The number of alkyl carbamates (subject to hydrolysis) is 1. The molecule has 1 aromatic heterocycles. The molecule has 24 heavy (non-hydrogen) atoms. The number of nitrogens with one attached hydrogen (secondary N) is 1. The fraction of sp³-hybridized carbons (Fsp3) is 0.500. The zero-order chi connectivity index (χ0) is 17.2. The minimum atomic E-state index is -0.486. The number of carbonyl (C=O) groups is 1. The fourth-order valence-electron chi connectivity index (χ4n) is 2.92. The monoisotopic (exact) mass is 329 g/mol. The largest absolute Gasteiger partial charge is 0.444 e. The molecule has 1 heterocycles. The van der Waals surface area contributed by atoms with Crippen molar-refractivity contribution < 1.29 is 14.1 Å². The third-order valence-corrected chi connectivity index (χ3v) is 3.98. The number of aromatic nitrogens is 2. The van der Waals surface area contributed by atoms with Gasteiger partial charge < -0.3 is 14.6 Å². The summed E-state index contributed by atoms with van der Waals surface area (Å²) in [5.41, 5.74) is 0.429. The second-order valence-electron chi connectivity index (χ2n) is 7.18. The topological polar surface area (TPSA) is 77.2 Å². The average Bonchev–Trinajstić information content (AvgIpc) is 3.15. The van der Waals surface area contributed by atoms with Crippen LogP contribution in [0.25, 0.3) is 11.5 Å². The molecule has 0 bridgehead atoms. The Balaban J connectivity index is 1.58. The molecule has 2 aromatic rings. The lowest BCUT2D eigenvalue weighted by Crippen LogP contribution is -2.37. The molecule has 0 radical (unpaired) electrons. The SMILES string of the molecule is CC(C)(C)OC(=O)NC1CCC(c2noc(-c3ccccc3)n2)C1. The maximum atomic E-state index is 11.9. The van der Waals surface area contributed by atoms with Crippen molar-refractivity contribution in [3.8, 4) is 11.5 Å². The Kier molecular flexibility index (Phi) is 4.55. The molecule has 2 unspecified atom stereocenters. The first kappa shape index (κ1) is 16.5. The first-order valence-electron chi connectivity index (χ1n) is 8.29. The molecule has 1 amide bonds. The van der Waals surface area contributed by atoms with Gasteiger partial charge in [-0.1, -0.05) is 23.4 Å². The van der Waals surface area contributed by atoms with Gasteiger partial charge in [-0.2, -0.15) is 4.98 Å². The van der Waals surface area contributed by atoms with Gasteiger partial charge in [0.15, 0.2) is 5.82 Å². The summed E-state index contributed by atoms with van der Waals surface area (Å²) in [5, 5.41) is 7.04. The molecular weight excluding hydrogens is 306 g/mol. The summed E-state index contributed by atoms with van der Waals surface area (Å²) in [6.45, 7) is 5.57. The molecule has 6 nitrogen and oxygen atoms in total. The van der Waals surface area contributed by atoms with Crippen LogP contribution in [0.3, 0.4) is 0 Å². The molecule has 2 atom stereocenters. The lowest BCUT2D eigenvalue weighted by molar-refractivity contribution is 0.0505. The van der Waals surface area contributed by atoms with Crippen molar-refractivity contribution in [2.45, 2.75) is 57.6 Å². The maximum absolute atomic E-state index is 11.9. The zero-order valence-electron chi connectivity index (χ0n) is 14.3. The summed E-state index contributed by atoms with van der Waals surface area (Å²) >= 11 is 0. The molecular formula is C18H23N3O3. The number of hydrogen-bond donors (Lipinski definition) is 1. The van der Waals surface area contributed by atoms with Crippen LogP contribution in [0.4, 0.5) is 4.79 Å². The molecule has 1 saturated carbocycles. The summed E-state index contributed by atoms with van der Waals surface area (Å²) in [7, 11) is 0. The Bertz CT molecular complexity index is 691. The standard InChI is InChI=1S/C18H23N3O3/c1-18(2,3)23-17(22)19-14-10-9-13(11-14)15-20-16(24-21-15)12-7-5-4-6-8-12/h4-8,13-14H,9-11H2,1-3H3,(H,19,22). The van der Waals surface area contributed by atoms with Crippen molar-refractivity contribution >= 4 is 6.09 Å². The van der Waals surface area contributed by atoms with E-state index in [1.807, 2.05) is 51.1 Å². The smallest absolute Gasteiger partial charge is 0.407 e. The van der Waals surface area contributed by atoms with E-state index in [-0.39, 0.29) is 18.1 Å². The van der Waals surface area contributed by atoms with E-state index in [1.165, 1.54) is 0 Å². The van der Waals surface area contributed by atoms with Crippen LogP contribution in [0.15, 0.2) is 34.9 Å². The summed E-state index contributed by atoms with van der Waals surface area (Å²) in [4.78, 5) is 16.4. The van der Waals surface area contributed by atoms with Crippen LogP contribution in [0.1, 0.15) is 51.8 Å². The van der Waals surface area contributed by atoms with Crippen molar-refractivity contribution in [1.82, 2.24) is 15.5 Å². The number of nitrogens with zero attached hydrogens (tertiary/aromatic N) is 2. The van der Waals surface area contributed by atoms with Gasteiger partial charge in [0.2, 0.25) is 0 Å². The van der Waals surface area contributed by atoms with Crippen LogP contribution < -0.4 is 5.32 Å². The van der Waals surface area contributed by atoms with Crippen molar-refractivity contribution in [3.05, 3.63) is 36.2 Å². The molecule has 6 heteroatoms. The van der Waals surface area contributed by atoms with Gasteiger partial charge in [-0.25, -0.2) is 4.79 Å². The Morgan fingerprint density at radius 1 is 1.25 bits per heavy atom. The van der Waals surface area contributed by atoms with E-state index < -0.39 is 5.60 Å². The predicted molar refractivity (Wildman–Crippen MR) is 89.5 cm³/mol. The van der Waals surface area contributed by atoms with Gasteiger partial charge in [0, 0.05) is 17.5 Å². The van der Waals surface area contributed by atoms with Crippen molar-refractivity contribution in [2.24, 2.45) is 0 Å². The molecule has 128 valence electrons. The summed E-state index contributed by atoms with van der Waals surface area (Å²) < 4.78 is 10.7. The van der Waals surface area contributed by atoms with Gasteiger partial charge in [-0.3, -0.25) is 0 Å². The van der Waals surface area contributed by atoms with Gasteiger partial charge in [0.25, 0.3) is 5.89 Å². The van der Waals surface area contributed by atoms with Crippen LogP contribution in [0.2, 0.25) is 0 Å². The molecule has 1 aromatic carbocycles. The highest BCUT2D eigenvalue weighted by Gasteiger charge is 2.31. The molecule has 0 aliphatic heterocycles. The minimum Gasteiger partial charge on any atom is -0.444 e. The van der Waals surface area contributed by atoms with Gasteiger partial charge in [-0.15, -0.1) is 0 Å². The molecule has 1 aliphatic rings. The number of carbonyl (C=O) groups excluding carboxylic acids is 1. The van der Waals surface area contributed by atoms with E-state index in [4.69, 9.17) is 9.26 Å². The quantitative estimate of drug-likeness (QED) is 0.924. The van der Waals surface area contributed by atoms with Crippen molar-refractivity contribution in [3.63, 3.8) is 0 Å². The van der Waals surface area contributed by atoms with Crippen LogP contribution in [0, 0.1) is 0 Å². The highest BCUT2D eigenvalue weighted by molar-refractivity contribution is 5.68. The van der Waals surface area contributed by atoms with E-state index in [9.17, 15) is 4.79 Å². The lowest BCUT2D eigenvalue weighted by atomic mass is 10.1. The van der Waals surface area contributed by atoms with E-state index in [0.717, 1.165) is 24.8 Å². The third kappa shape index (κ3) is 4.13. The number of hydrogen-bond acceptors (Lipinski definition) is 5. The summed E-state index contributed by atoms with van der Waals surface area (Å²) in [5.74, 6) is 1.45. The normalized spacial score (nSPS) is 20.8. The van der Waals surface area contributed by atoms with Gasteiger partial charge in [0.1, 0.15) is 5.60 Å². The van der Waals surface area contributed by atoms with E-state index in [1.54, 1.807) is 0 Å². The molecule has 3 rings (SSSR count). The number of amides is 1. The first-order valence-corrected chi connectivity index (χ1v) is 8.29. The Morgan fingerprint density at radius 3 is 2.71 bits per heavy atom. The van der Waals surface area contributed by atoms with E-state index in [0.29, 0.717) is 11.7 Å². The second kappa shape index (κ2) is 6.63. The summed E-state index contributed by atoms with van der Waals surface area (Å²) in [6.07, 6.45) is 2.24. The van der Waals surface area contributed by atoms with E-state index in [2.05, 4.69) is 15.5 Å². The van der Waals surface area contributed by atoms with Gasteiger partial charge in [0.05, 0.1) is 0 Å². The highest BCUT2D eigenvalue weighted by atomic mass is 16.6. The average molecular weight is 329 g/mol. The van der Waals surface area contributed by atoms with E-state index >= 15 is 0 Å². The first-order chi connectivity index (χ1) is 11.4. The van der Waals surface area contributed by atoms with Gasteiger partial charge >= 0.3 is 6.09 Å². The minimum absolute atomic E-state index is 0.0866. The Hall–Kier alpha value is -2.37. The molecule has 1 aliphatic carbocycles. The van der Waals surface area contributed by atoms with Crippen LogP contribution >= 0.6 is 0 Å². The summed E-state index contributed by atoms with van der Waals surface area (Å²) in [6, 6.07) is 9.80. The van der Waals surface area contributed by atoms with Crippen LogP contribution in [0.5, 0.6) is 0 Å². The molecule has 0 saturated heterocycles. The van der Waals surface area contributed by atoms with Crippen LogP contribution in [-0.4, -0.2) is 27.9 Å². The van der Waals surface area contributed by atoms with Crippen molar-refractivity contribution in [2.75, 3.05) is 0 Å². The second-order valence-corrected chi connectivity index (χ2v) is 7.18. The maximum Gasteiger partial charge on any atom is 0.407 e. The predicted octanol–water partition coefficient (Wildman–Crippen LogP) is 3.90. The number of ether oxygens (including phenoxy) is 1. The molecule has 1 N–H and O–H groups in total. The third-order valence-electron chi connectivity index (χ3n) is 3.98. The van der Waals surface area contributed by atoms with Gasteiger partial charge in [-0.05, 0) is 52.2 Å². The lowest BCUT2D eigenvalue weighted by Gasteiger charge is -2.21. The Morgan fingerprint density at radius 2 is 2.00 bits per heavy atom. The van der Waals surface area contributed by atoms with Crippen molar-refractivity contribution in [1.29, 1.82) is 0 Å². The molecule has 0 spiro atoms.